The fraction of sp³-hybridized carbons (Fsp3) is 0.182. The van der Waals surface area contributed by atoms with Gasteiger partial charge in [-0.1, -0.05) is 24.3 Å². The van der Waals surface area contributed by atoms with Gasteiger partial charge in [-0.15, -0.1) is 0 Å². The van der Waals surface area contributed by atoms with Crippen molar-refractivity contribution in [1.29, 1.82) is 0 Å². The number of H-pyrrole nitrogens is 1. The molecule has 2 N–H and O–H groups in total. The van der Waals surface area contributed by atoms with Crippen molar-refractivity contribution < 1.29 is 9.47 Å². The smallest absolute Gasteiger partial charge is 0.222 e. The van der Waals surface area contributed by atoms with Crippen LogP contribution in [0.5, 0.6) is 11.5 Å². The maximum Gasteiger partial charge on any atom is 0.222 e. The van der Waals surface area contributed by atoms with Crippen LogP contribution in [0, 0.1) is 6.20 Å². The summed E-state index contributed by atoms with van der Waals surface area (Å²) < 4.78 is 10.6. The van der Waals surface area contributed by atoms with E-state index in [-0.39, 0.29) is 0 Å². The molecule has 0 spiro atoms. The van der Waals surface area contributed by atoms with Gasteiger partial charge in [-0.2, -0.15) is 0 Å². The van der Waals surface area contributed by atoms with Crippen molar-refractivity contribution in [2.24, 2.45) is 0 Å². The van der Waals surface area contributed by atoms with Crippen LogP contribution in [0.25, 0.3) is 22.0 Å². The number of hydrogen-bond acceptors (Lipinski definition) is 5. The predicted octanol–water partition coefficient (Wildman–Crippen LogP) is 4.10. The third kappa shape index (κ3) is 3.62. The summed E-state index contributed by atoms with van der Waals surface area (Å²) >= 11 is 0. The Labute approximate surface area is 163 Å². The molecule has 0 saturated carbocycles. The molecule has 6 heteroatoms. The highest BCUT2D eigenvalue weighted by atomic mass is 16.5. The Balaban J connectivity index is 1.41. The average molecular weight is 373 g/mol. The van der Waals surface area contributed by atoms with E-state index in [9.17, 15) is 0 Å². The minimum atomic E-state index is 0.601. The van der Waals surface area contributed by atoms with Gasteiger partial charge in [0, 0.05) is 35.4 Å². The molecule has 0 saturated heterocycles. The van der Waals surface area contributed by atoms with Crippen LogP contribution in [-0.2, 0) is 6.42 Å². The first-order valence-electron chi connectivity index (χ1n) is 9.04. The van der Waals surface area contributed by atoms with E-state index in [1.54, 1.807) is 26.6 Å². The summed E-state index contributed by atoms with van der Waals surface area (Å²) in [6.07, 6.45) is 7.66. The summed E-state index contributed by atoms with van der Waals surface area (Å²) in [7, 11) is 3.24. The maximum atomic E-state index is 5.36. The highest BCUT2D eigenvalue weighted by molar-refractivity contribution is 5.82. The van der Waals surface area contributed by atoms with Crippen LogP contribution in [0.3, 0.4) is 0 Å². The molecule has 2 heterocycles. The van der Waals surface area contributed by atoms with Crippen molar-refractivity contribution in [2.45, 2.75) is 6.42 Å². The lowest BCUT2D eigenvalue weighted by atomic mass is 10.1. The van der Waals surface area contributed by atoms with Gasteiger partial charge in [0.15, 0.2) is 11.5 Å². The molecular formula is C22H21N4O2. The fourth-order valence-corrected chi connectivity index (χ4v) is 3.15. The van der Waals surface area contributed by atoms with E-state index in [1.165, 1.54) is 5.39 Å². The molecular weight excluding hydrogens is 352 g/mol. The number of hydrogen-bond donors (Lipinski definition) is 2. The zero-order valence-corrected chi connectivity index (χ0v) is 15.8. The lowest BCUT2D eigenvalue weighted by Gasteiger charge is -2.10. The van der Waals surface area contributed by atoms with E-state index in [1.807, 2.05) is 30.3 Å². The number of aromatic amines is 1. The lowest BCUT2D eigenvalue weighted by Crippen LogP contribution is -2.07. The van der Waals surface area contributed by atoms with Crippen LogP contribution < -0.4 is 14.8 Å². The summed E-state index contributed by atoms with van der Waals surface area (Å²) in [6.45, 7) is 0.730. The van der Waals surface area contributed by atoms with Crippen LogP contribution in [0.4, 0.5) is 5.95 Å². The van der Waals surface area contributed by atoms with E-state index in [0.29, 0.717) is 17.4 Å². The number of nitrogens with zero attached hydrogens (tertiary/aromatic N) is 2. The third-order valence-corrected chi connectivity index (χ3v) is 4.63. The molecule has 141 valence electrons. The maximum absolute atomic E-state index is 5.36. The topological polar surface area (TPSA) is 72.1 Å². The molecule has 4 rings (SSSR count). The highest BCUT2D eigenvalue weighted by Crippen LogP contribution is 2.31. The number of benzene rings is 2. The minimum Gasteiger partial charge on any atom is -0.493 e. The van der Waals surface area contributed by atoms with Gasteiger partial charge in [-0.05, 0) is 35.7 Å². The van der Waals surface area contributed by atoms with E-state index in [4.69, 9.17) is 9.47 Å². The number of methoxy groups -OCH3 is 2. The molecule has 4 aromatic rings. The zero-order valence-electron chi connectivity index (χ0n) is 15.8. The fourth-order valence-electron chi connectivity index (χ4n) is 3.15. The number of para-hydroxylation sites is 1. The van der Waals surface area contributed by atoms with Crippen molar-refractivity contribution in [3.63, 3.8) is 0 Å². The first-order chi connectivity index (χ1) is 13.8. The van der Waals surface area contributed by atoms with Gasteiger partial charge in [0.05, 0.1) is 20.4 Å². The Morgan fingerprint density at radius 1 is 0.964 bits per heavy atom. The van der Waals surface area contributed by atoms with Gasteiger partial charge in [0.25, 0.3) is 0 Å². The van der Waals surface area contributed by atoms with Crippen molar-refractivity contribution in [3.8, 4) is 22.6 Å². The first kappa shape index (κ1) is 17.9. The van der Waals surface area contributed by atoms with Crippen molar-refractivity contribution in [1.82, 2.24) is 15.0 Å². The molecule has 2 aromatic carbocycles. The summed E-state index contributed by atoms with van der Waals surface area (Å²) in [6, 6.07) is 14.0. The highest BCUT2D eigenvalue weighted by Gasteiger charge is 2.08. The normalized spacial score (nSPS) is 10.8. The van der Waals surface area contributed by atoms with E-state index < -0.39 is 0 Å². The second kappa shape index (κ2) is 8.00. The summed E-state index contributed by atoms with van der Waals surface area (Å²) in [5.74, 6) is 1.97. The largest absolute Gasteiger partial charge is 0.493 e. The molecule has 0 bridgehead atoms. The average Bonchev–Trinajstić information content (AvgIpc) is 3.17. The van der Waals surface area contributed by atoms with Gasteiger partial charge >= 0.3 is 0 Å². The van der Waals surface area contributed by atoms with Crippen molar-refractivity contribution >= 4 is 16.9 Å². The molecule has 0 aliphatic carbocycles. The number of aromatic nitrogens is 3. The Hall–Kier alpha value is -3.54. The molecule has 0 atom stereocenters. The quantitative estimate of drug-likeness (QED) is 0.510. The zero-order chi connectivity index (χ0) is 19.3. The molecule has 0 aliphatic rings. The van der Waals surface area contributed by atoms with E-state index in [0.717, 1.165) is 35.2 Å². The van der Waals surface area contributed by atoms with Gasteiger partial charge in [0.2, 0.25) is 5.95 Å². The second-order valence-corrected chi connectivity index (χ2v) is 6.32. The van der Waals surface area contributed by atoms with Crippen LogP contribution in [0.1, 0.15) is 5.56 Å². The molecule has 1 radical (unpaired) electrons. The molecule has 0 amide bonds. The lowest BCUT2D eigenvalue weighted by molar-refractivity contribution is 0.355. The van der Waals surface area contributed by atoms with Gasteiger partial charge in [-0.3, -0.25) is 0 Å². The van der Waals surface area contributed by atoms with Crippen LogP contribution in [0.2, 0.25) is 0 Å². The van der Waals surface area contributed by atoms with Gasteiger partial charge in [0.1, 0.15) is 0 Å². The number of ether oxygens (including phenoxy) is 2. The second-order valence-electron chi connectivity index (χ2n) is 6.32. The summed E-state index contributed by atoms with van der Waals surface area (Å²) in [5.41, 5.74) is 4.15. The van der Waals surface area contributed by atoms with Gasteiger partial charge < -0.3 is 19.8 Å². The van der Waals surface area contributed by atoms with Crippen LogP contribution in [-0.4, -0.2) is 35.7 Å². The molecule has 6 nitrogen and oxygen atoms in total. The molecule has 2 aromatic heterocycles. The number of rotatable bonds is 7. The third-order valence-electron chi connectivity index (χ3n) is 4.63. The van der Waals surface area contributed by atoms with Crippen molar-refractivity contribution in [3.05, 3.63) is 66.6 Å². The van der Waals surface area contributed by atoms with Crippen molar-refractivity contribution in [2.75, 3.05) is 26.1 Å². The Bertz CT molecular complexity index is 1070. The Morgan fingerprint density at radius 3 is 2.54 bits per heavy atom. The Morgan fingerprint density at radius 2 is 1.75 bits per heavy atom. The molecule has 0 unspecified atom stereocenters. The number of nitrogens with one attached hydrogen (secondary N) is 2. The SMILES string of the molecule is COc1ccc(-c2cnc(NCCc3[c][nH]c4ccccc34)nc2)cc1OC. The molecule has 28 heavy (non-hydrogen) atoms. The van der Waals surface area contributed by atoms with Gasteiger partial charge in [-0.25, -0.2) is 9.97 Å². The predicted molar refractivity (Wildman–Crippen MR) is 110 cm³/mol. The van der Waals surface area contributed by atoms with E-state index in [2.05, 4.69) is 38.6 Å². The monoisotopic (exact) mass is 373 g/mol. The van der Waals surface area contributed by atoms with E-state index >= 15 is 0 Å². The molecule has 0 aliphatic heterocycles. The Kier molecular flexibility index (Phi) is 5.10. The summed E-state index contributed by atoms with van der Waals surface area (Å²) in [5, 5.41) is 4.47. The van der Waals surface area contributed by atoms with Crippen LogP contribution >= 0.6 is 0 Å². The van der Waals surface area contributed by atoms with Crippen LogP contribution in [0.15, 0.2) is 54.9 Å². The minimum absolute atomic E-state index is 0.601. The number of anilines is 1. The first-order valence-corrected chi connectivity index (χ1v) is 9.04. The number of fused-ring (bicyclic) bond motifs is 1. The summed E-state index contributed by atoms with van der Waals surface area (Å²) in [4.78, 5) is 12.0. The standard InChI is InChI=1S/C22H21N4O2/c1-27-20-8-7-15(11-21(20)28-2)17-13-25-22(26-14-17)23-10-9-16-12-24-19-6-4-3-5-18(16)19/h3-8,11,13-14,24H,9-10H2,1-2H3,(H,23,25,26). The molecule has 0 fully saturated rings.